The number of hydrogen-bond acceptors (Lipinski definition) is 10. The first-order valence-electron chi connectivity index (χ1n) is 13.8. The van der Waals surface area contributed by atoms with Crippen molar-refractivity contribution in [3.63, 3.8) is 0 Å². The van der Waals surface area contributed by atoms with Crippen LogP contribution in [0, 0.1) is 0 Å². The van der Waals surface area contributed by atoms with Gasteiger partial charge in [0.25, 0.3) is 0 Å². The molecule has 0 saturated carbocycles. The Bertz CT molecular complexity index is 1060. The van der Waals surface area contributed by atoms with E-state index in [2.05, 4.69) is 10.6 Å². The molecular formula is C29H43N3O10. The number of esters is 3. The molecule has 0 spiro atoms. The van der Waals surface area contributed by atoms with Gasteiger partial charge in [0, 0.05) is 19.9 Å². The number of amides is 3. The third kappa shape index (κ3) is 14.5. The number of hydrogen-bond donors (Lipinski definition) is 2. The molecule has 0 aromatic heterocycles. The Kier molecular flexibility index (Phi) is 15.6. The van der Waals surface area contributed by atoms with Crippen molar-refractivity contribution in [2.24, 2.45) is 0 Å². The summed E-state index contributed by atoms with van der Waals surface area (Å²) in [7, 11) is 1.36. The molecule has 0 bridgehead atoms. The Balaban J connectivity index is 2.87. The minimum Gasteiger partial charge on any atom is -0.465 e. The van der Waals surface area contributed by atoms with Gasteiger partial charge in [-0.15, -0.1) is 0 Å². The number of ether oxygens (including phenoxy) is 4. The van der Waals surface area contributed by atoms with E-state index in [4.69, 9.17) is 18.9 Å². The molecular weight excluding hydrogens is 550 g/mol. The summed E-state index contributed by atoms with van der Waals surface area (Å²) in [5.74, 6) is -3.31. The molecule has 234 valence electrons. The summed E-state index contributed by atoms with van der Waals surface area (Å²) in [6, 6.07) is 6.71. The maximum Gasteiger partial charge on any atom is 0.410 e. The standard InChI is InChI=1S/C29H43N3O10/c1-7-39-25(35)18-30-26(36)21(14-17-24(34)41-19-20-12-10-9-11-13-20)31-23(33)16-15-22(27(37)40-8-2)32(6)28(38)42-29(3,4)5/h9-13,21-22H,7-8,14-19H2,1-6H3,(H,30,36)(H,31,33)/t21-,22-/m0/s1. The lowest BCUT2D eigenvalue weighted by Crippen LogP contribution is -2.49. The van der Waals surface area contributed by atoms with E-state index in [9.17, 15) is 28.8 Å². The second kappa shape index (κ2) is 18.3. The number of carbonyl (C=O) groups excluding carboxylic acids is 6. The molecule has 0 aliphatic heterocycles. The van der Waals surface area contributed by atoms with E-state index >= 15 is 0 Å². The van der Waals surface area contributed by atoms with E-state index in [-0.39, 0.29) is 45.5 Å². The first-order chi connectivity index (χ1) is 19.8. The molecule has 0 aliphatic carbocycles. The zero-order valence-electron chi connectivity index (χ0n) is 25.2. The van der Waals surface area contributed by atoms with Crippen LogP contribution in [0.1, 0.15) is 65.9 Å². The highest BCUT2D eigenvalue weighted by Gasteiger charge is 2.32. The molecule has 0 aliphatic rings. The number of benzene rings is 1. The number of likely N-dealkylation sites (N-methyl/N-ethyl adjacent to an activating group) is 1. The topological polar surface area (TPSA) is 167 Å². The molecule has 0 heterocycles. The molecule has 42 heavy (non-hydrogen) atoms. The van der Waals surface area contributed by atoms with Gasteiger partial charge in [-0.1, -0.05) is 30.3 Å². The number of nitrogens with zero attached hydrogens (tertiary/aromatic N) is 1. The van der Waals surface area contributed by atoms with Crippen molar-refractivity contribution in [1.82, 2.24) is 15.5 Å². The predicted molar refractivity (Wildman–Crippen MR) is 151 cm³/mol. The molecule has 0 unspecified atom stereocenters. The van der Waals surface area contributed by atoms with Crippen LogP contribution in [0.2, 0.25) is 0 Å². The maximum absolute atomic E-state index is 12.9. The van der Waals surface area contributed by atoms with E-state index in [1.54, 1.807) is 58.9 Å². The number of carbonyl (C=O) groups is 6. The summed E-state index contributed by atoms with van der Waals surface area (Å²) in [5.41, 5.74) is -0.0238. The molecule has 2 atom stereocenters. The average Bonchev–Trinajstić information content (AvgIpc) is 2.92. The first-order valence-corrected chi connectivity index (χ1v) is 13.8. The monoisotopic (exact) mass is 593 g/mol. The van der Waals surface area contributed by atoms with Crippen LogP contribution in [-0.2, 0) is 49.5 Å². The van der Waals surface area contributed by atoms with Gasteiger partial charge in [-0.25, -0.2) is 9.59 Å². The van der Waals surface area contributed by atoms with Crippen LogP contribution >= 0.6 is 0 Å². The fourth-order valence-electron chi connectivity index (χ4n) is 3.54. The highest BCUT2D eigenvalue weighted by Crippen LogP contribution is 2.15. The van der Waals surface area contributed by atoms with E-state index in [1.807, 2.05) is 6.07 Å². The molecule has 0 saturated heterocycles. The van der Waals surface area contributed by atoms with Crippen LogP contribution in [0.25, 0.3) is 0 Å². The highest BCUT2D eigenvalue weighted by atomic mass is 16.6. The maximum atomic E-state index is 12.9. The van der Waals surface area contributed by atoms with Crippen LogP contribution < -0.4 is 10.6 Å². The fraction of sp³-hybridized carbons (Fsp3) is 0.586. The van der Waals surface area contributed by atoms with E-state index in [1.165, 1.54) is 7.05 Å². The van der Waals surface area contributed by atoms with Crippen molar-refractivity contribution in [1.29, 1.82) is 0 Å². The second-order valence-electron chi connectivity index (χ2n) is 10.2. The van der Waals surface area contributed by atoms with Gasteiger partial charge in [0.05, 0.1) is 13.2 Å². The number of nitrogens with one attached hydrogen (secondary N) is 2. The zero-order valence-corrected chi connectivity index (χ0v) is 25.2. The van der Waals surface area contributed by atoms with Crippen molar-refractivity contribution in [3.05, 3.63) is 35.9 Å². The van der Waals surface area contributed by atoms with Crippen molar-refractivity contribution in [3.8, 4) is 0 Å². The smallest absolute Gasteiger partial charge is 0.410 e. The molecule has 0 radical (unpaired) electrons. The molecule has 0 fully saturated rings. The molecule has 1 rings (SSSR count). The third-order valence-electron chi connectivity index (χ3n) is 5.60. The third-order valence-corrected chi connectivity index (χ3v) is 5.60. The minimum atomic E-state index is -1.19. The summed E-state index contributed by atoms with van der Waals surface area (Å²) in [6.07, 6.45) is -1.48. The predicted octanol–water partition coefficient (Wildman–Crippen LogP) is 2.25. The van der Waals surface area contributed by atoms with Crippen LogP contribution in [0.5, 0.6) is 0 Å². The highest BCUT2D eigenvalue weighted by molar-refractivity contribution is 5.90. The lowest BCUT2D eigenvalue weighted by atomic mass is 10.1. The van der Waals surface area contributed by atoms with Crippen molar-refractivity contribution >= 4 is 35.8 Å². The minimum absolute atomic E-state index is 0.0478. The van der Waals surface area contributed by atoms with E-state index in [0.29, 0.717) is 0 Å². The summed E-state index contributed by atoms with van der Waals surface area (Å²) in [5, 5.41) is 4.92. The van der Waals surface area contributed by atoms with Gasteiger partial charge in [0.1, 0.15) is 30.8 Å². The molecule has 2 N–H and O–H groups in total. The molecule has 13 nitrogen and oxygen atoms in total. The molecule has 1 aromatic rings. The largest absolute Gasteiger partial charge is 0.465 e. The van der Waals surface area contributed by atoms with Gasteiger partial charge in [0.2, 0.25) is 11.8 Å². The van der Waals surface area contributed by atoms with Crippen molar-refractivity contribution < 1.29 is 47.7 Å². The fourth-order valence-corrected chi connectivity index (χ4v) is 3.54. The van der Waals surface area contributed by atoms with Crippen molar-refractivity contribution in [2.75, 3.05) is 26.8 Å². The van der Waals surface area contributed by atoms with Crippen LogP contribution in [-0.4, -0.2) is 85.2 Å². The van der Waals surface area contributed by atoms with Crippen LogP contribution in [0.3, 0.4) is 0 Å². The summed E-state index contributed by atoms with van der Waals surface area (Å²) in [4.78, 5) is 75.9. The lowest BCUT2D eigenvalue weighted by Gasteiger charge is -2.29. The normalized spacial score (nSPS) is 12.2. The Labute approximate surface area is 246 Å². The Morgan fingerprint density at radius 3 is 2.10 bits per heavy atom. The quantitative estimate of drug-likeness (QED) is 0.214. The zero-order chi connectivity index (χ0) is 31.7. The van der Waals surface area contributed by atoms with E-state index in [0.717, 1.165) is 10.5 Å². The molecule has 13 heteroatoms. The summed E-state index contributed by atoms with van der Waals surface area (Å²) < 4.78 is 20.4. The van der Waals surface area contributed by atoms with Gasteiger partial charge >= 0.3 is 24.0 Å². The SMILES string of the molecule is CCOC(=O)CNC(=O)[C@H](CCC(=O)OCc1ccccc1)NC(=O)CC[C@@H](C(=O)OCC)N(C)C(=O)OC(C)(C)C. The number of rotatable bonds is 16. The average molecular weight is 594 g/mol. The van der Waals surface area contributed by atoms with Crippen LogP contribution in [0.15, 0.2) is 30.3 Å². The summed E-state index contributed by atoms with van der Waals surface area (Å²) >= 11 is 0. The van der Waals surface area contributed by atoms with Gasteiger partial charge in [-0.3, -0.25) is 24.1 Å². The van der Waals surface area contributed by atoms with Gasteiger partial charge in [0.15, 0.2) is 0 Å². The molecule has 1 aromatic carbocycles. The molecule has 3 amide bonds. The van der Waals surface area contributed by atoms with Gasteiger partial charge < -0.3 is 29.6 Å². The first kappa shape index (κ1) is 35.9. The Hall–Kier alpha value is -4.16. The van der Waals surface area contributed by atoms with Crippen molar-refractivity contribution in [2.45, 2.75) is 84.6 Å². The second-order valence-corrected chi connectivity index (χ2v) is 10.2. The lowest BCUT2D eigenvalue weighted by molar-refractivity contribution is -0.149. The Morgan fingerprint density at radius 2 is 1.50 bits per heavy atom. The van der Waals surface area contributed by atoms with Crippen LogP contribution in [0.4, 0.5) is 4.79 Å². The summed E-state index contributed by atoms with van der Waals surface area (Å²) in [6.45, 7) is 8.07. The van der Waals surface area contributed by atoms with Gasteiger partial charge in [-0.2, -0.15) is 0 Å². The van der Waals surface area contributed by atoms with Gasteiger partial charge in [-0.05, 0) is 53.0 Å². The van der Waals surface area contributed by atoms with E-state index < -0.39 is 60.0 Å². The Morgan fingerprint density at radius 1 is 0.857 bits per heavy atom.